The molecule has 0 unspecified atom stereocenters. The van der Waals surface area contributed by atoms with Gasteiger partial charge in [0.05, 0.1) is 5.69 Å². The second-order valence-electron chi connectivity index (χ2n) is 6.06. The van der Waals surface area contributed by atoms with Crippen molar-refractivity contribution in [3.05, 3.63) is 70.5 Å². The lowest BCUT2D eigenvalue weighted by atomic mass is 10.2. The Kier molecular flexibility index (Phi) is 3.83. The van der Waals surface area contributed by atoms with Gasteiger partial charge in [0, 0.05) is 23.9 Å². The topological polar surface area (TPSA) is 92.3 Å². The van der Waals surface area contributed by atoms with Crippen molar-refractivity contribution < 1.29 is 22.8 Å². The third-order valence-electron chi connectivity index (χ3n) is 4.24. The summed E-state index contributed by atoms with van der Waals surface area (Å²) in [7, 11) is 0. The number of rotatable bonds is 3. The second-order valence-corrected chi connectivity index (χ2v) is 6.06. The smallest absolute Gasteiger partial charge is 0.282 e. The Morgan fingerprint density at radius 2 is 1.83 bits per heavy atom. The van der Waals surface area contributed by atoms with E-state index in [-0.39, 0.29) is 29.9 Å². The van der Waals surface area contributed by atoms with Gasteiger partial charge >= 0.3 is 0 Å². The van der Waals surface area contributed by atoms with Gasteiger partial charge in [0.25, 0.3) is 5.89 Å². The number of hydrogen-bond acceptors (Lipinski definition) is 7. The monoisotopic (exact) mass is 396 g/mol. The summed E-state index contributed by atoms with van der Waals surface area (Å²) in [4.78, 5) is 16.5. The van der Waals surface area contributed by atoms with Gasteiger partial charge in [0.2, 0.25) is 18.0 Å². The van der Waals surface area contributed by atoms with Crippen LogP contribution >= 0.6 is 0 Å². The average Bonchev–Trinajstić information content (AvgIpc) is 3.39. The fraction of sp³-hybridized carbons (Fsp3) is 0.0526. The first-order valence-corrected chi connectivity index (χ1v) is 8.38. The Balaban J connectivity index is 1.53. The van der Waals surface area contributed by atoms with Crippen LogP contribution in [-0.2, 0) is 0 Å². The molecule has 2 aromatic carbocycles. The number of hydrogen-bond donors (Lipinski definition) is 0. The number of benzene rings is 2. The molecule has 0 saturated carbocycles. The summed E-state index contributed by atoms with van der Waals surface area (Å²) >= 11 is 0. The van der Waals surface area contributed by atoms with Crippen LogP contribution in [0.5, 0.6) is 11.5 Å². The molecule has 0 aliphatic carbocycles. The molecule has 0 spiro atoms. The van der Waals surface area contributed by atoms with Crippen LogP contribution in [0.1, 0.15) is 0 Å². The molecule has 4 aromatic rings. The Hall–Kier alpha value is -4.08. The Morgan fingerprint density at radius 1 is 0.966 bits per heavy atom. The lowest BCUT2D eigenvalue weighted by molar-refractivity contribution is 0.174. The van der Waals surface area contributed by atoms with Crippen molar-refractivity contribution in [2.45, 2.75) is 0 Å². The van der Waals surface area contributed by atoms with Crippen molar-refractivity contribution in [3.63, 3.8) is 0 Å². The summed E-state index contributed by atoms with van der Waals surface area (Å²) in [5.41, 5.74) is 0.225. The van der Waals surface area contributed by atoms with Gasteiger partial charge in [-0.3, -0.25) is 4.79 Å². The van der Waals surface area contributed by atoms with Crippen LogP contribution in [-0.4, -0.2) is 26.7 Å². The third kappa shape index (κ3) is 3.00. The Bertz CT molecular complexity index is 1300. The molecule has 0 saturated heterocycles. The van der Waals surface area contributed by atoms with Crippen LogP contribution in [0.2, 0.25) is 0 Å². The number of ether oxygens (including phenoxy) is 2. The molecule has 5 rings (SSSR count). The zero-order valence-corrected chi connectivity index (χ0v) is 14.5. The van der Waals surface area contributed by atoms with E-state index in [1.807, 2.05) is 0 Å². The first-order chi connectivity index (χ1) is 14.1. The maximum atomic E-state index is 13.5. The fourth-order valence-corrected chi connectivity index (χ4v) is 2.80. The van der Waals surface area contributed by atoms with Crippen LogP contribution in [0.15, 0.2) is 58.0 Å². The molecule has 10 heteroatoms. The van der Waals surface area contributed by atoms with Gasteiger partial charge in [-0.25, -0.2) is 13.5 Å². The highest BCUT2D eigenvalue weighted by molar-refractivity contribution is 5.62. The average molecular weight is 396 g/mol. The molecular weight excluding hydrogens is 386 g/mol. The summed E-state index contributed by atoms with van der Waals surface area (Å²) in [6, 6.07) is 9.59. The summed E-state index contributed by atoms with van der Waals surface area (Å²) in [6.07, 6.45) is 1.33. The fourth-order valence-electron chi connectivity index (χ4n) is 2.80. The van der Waals surface area contributed by atoms with Crippen LogP contribution in [0.4, 0.5) is 8.78 Å². The standard InChI is InChI=1S/C19H10F2N4O4/c20-12-3-2-11(8-13(12)21)25-6-5-14(26)17(23-25)19-22-18(24-29-19)10-1-4-15-16(7-10)28-9-27-15/h1-8H,9H2. The van der Waals surface area contributed by atoms with Crippen molar-refractivity contribution >= 4 is 0 Å². The minimum Gasteiger partial charge on any atom is -0.454 e. The largest absolute Gasteiger partial charge is 0.454 e. The lowest BCUT2D eigenvalue weighted by Crippen LogP contribution is -2.13. The van der Waals surface area contributed by atoms with Gasteiger partial charge in [0.15, 0.2) is 28.8 Å². The molecule has 3 heterocycles. The van der Waals surface area contributed by atoms with Crippen molar-refractivity contribution in [2.75, 3.05) is 6.79 Å². The van der Waals surface area contributed by atoms with E-state index in [1.165, 1.54) is 23.0 Å². The zero-order valence-electron chi connectivity index (χ0n) is 14.5. The number of halogens is 2. The molecule has 2 aromatic heterocycles. The molecule has 1 aliphatic heterocycles. The molecule has 1 aliphatic rings. The van der Waals surface area contributed by atoms with E-state index in [2.05, 4.69) is 15.2 Å². The predicted molar refractivity (Wildman–Crippen MR) is 94.6 cm³/mol. The highest BCUT2D eigenvalue weighted by Gasteiger charge is 2.19. The van der Waals surface area contributed by atoms with Gasteiger partial charge in [-0.1, -0.05) is 5.16 Å². The summed E-state index contributed by atoms with van der Waals surface area (Å²) < 4.78 is 43.7. The molecule has 8 nitrogen and oxygen atoms in total. The van der Waals surface area contributed by atoms with E-state index in [4.69, 9.17) is 14.0 Å². The molecule has 0 atom stereocenters. The first kappa shape index (κ1) is 17.0. The van der Waals surface area contributed by atoms with Gasteiger partial charge in [-0.2, -0.15) is 10.1 Å². The van der Waals surface area contributed by atoms with Gasteiger partial charge < -0.3 is 14.0 Å². The van der Waals surface area contributed by atoms with Crippen LogP contribution in [0.25, 0.3) is 28.7 Å². The van der Waals surface area contributed by atoms with E-state index in [0.717, 1.165) is 12.1 Å². The summed E-state index contributed by atoms with van der Waals surface area (Å²) in [5.74, 6) is -0.751. The highest BCUT2D eigenvalue weighted by Crippen LogP contribution is 2.35. The van der Waals surface area contributed by atoms with Crippen LogP contribution in [0.3, 0.4) is 0 Å². The molecule has 0 N–H and O–H groups in total. The number of fused-ring (bicyclic) bond motifs is 1. The molecule has 0 amide bonds. The highest BCUT2D eigenvalue weighted by atomic mass is 19.2. The van der Waals surface area contributed by atoms with E-state index in [9.17, 15) is 13.6 Å². The molecule has 0 bridgehead atoms. The second kappa shape index (κ2) is 6.51. The normalized spacial score (nSPS) is 12.3. The first-order valence-electron chi connectivity index (χ1n) is 8.38. The lowest BCUT2D eigenvalue weighted by Gasteiger charge is -2.06. The zero-order chi connectivity index (χ0) is 20.0. The quantitative estimate of drug-likeness (QED) is 0.526. The van der Waals surface area contributed by atoms with E-state index < -0.39 is 17.1 Å². The third-order valence-corrected chi connectivity index (χ3v) is 4.24. The minimum atomic E-state index is -1.03. The van der Waals surface area contributed by atoms with E-state index >= 15 is 0 Å². The molecule has 144 valence electrons. The SMILES string of the molecule is O=c1ccn(-c2ccc(F)c(F)c2)nc1-c1nc(-c2ccc3c(c2)OCO3)no1. The number of nitrogens with zero attached hydrogens (tertiary/aromatic N) is 4. The van der Waals surface area contributed by atoms with Crippen molar-refractivity contribution in [1.82, 2.24) is 19.9 Å². The number of aromatic nitrogens is 4. The Morgan fingerprint density at radius 3 is 2.69 bits per heavy atom. The molecule has 0 radical (unpaired) electrons. The van der Waals surface area contributed by atoms with Gasteiger partial charge in [-0.05, 0) is 30.3 Å². The predicted octanol–water partition coefficient (Wildman–Crippen LogP) is 2.96. The van der Waals surface area contributed by atoms with Gasteiger partial charge in [0.1, 0.15) is 0 Å². The Labute approximate surface area is 160 Å². The van der Waals surface area contributed by atoms with Crippen molar-refractivity contribution in [1.29, 1.82) is 0 Å². The minimum absolute atomic E-state index is 0.111. The molecule has 0 fully saturated rings. The maximum absolute atomic E-state index is 13.5. The van der Waals surface area contributed by atoms with E-state index in [0.29, 0.717) is 17.1 Å². The maximum Gasteiger partial charge on any atom is 0.282 e. The molecule has 29 heavy (non-hydrogen) atoms. The summed E-state index contributed by atoms with van der Waals surface area (Å²) in [6.45, 7) is 0.133. The van der Waals surface area contributed by atoms with Gasteiger partial charge in [-0.15, -0.1) is 0 Å². The van der Waals surface area contributed by atoms with Crippen LogP contribution < -0.4 is 14.9 Å². The van der Waals surface area contributed by atoms with Crippen molar-refractivity contribution in [2.24, 2.45) is 0 Å². The molecular formula is C19H10F2N4O4. The van der Waals surface area contributed by atoms with Crippen LogP contribution in [0, 0.1) is 11.6 Å². The van der Waals surface area contributed by atoms with Crippen molar-refractivity contribution in [3.8, 4) is 40.2 Å². The van der Waals surface area contributed by atoms with E-state index in [1.54, 1.807) is 18.2 Å². The summed E-state index contributed by atoms with van der Waals surface area (Å²) in [5, 5.41) is 8.00.